The first-order valence-electron chi connectivity index (χ1n) is 8.32. The molecule has 2 aromatic carbocycles. The van der Waals surface area contributed by atoms with Gasteiger partial charge in [0.25, 0.3) is 0 Å². The lowest BCUT2D eigenvalue weighted by atomic mass is 10.1. The Balaban J connectivity index is 1.47. The molecule has 0 aliphatic carbocycles. The lowest BCUT2D eigenvalue weighted by Gasteiger charge is -2.41. The Morgan fingerprint density at radius 3 is 2.00 bits per heavy atom. The largest absolute Gasteiger partial charge is 0.329 e. The zero-order valence-electron chi connectivity index (χ0n) is 14.1. The second-order valence-corrected chi connectivity index (χ2v) is 8.37. The molecule has 2 heterocycles. The summed E-state index contributed by atoms with van der Waals surface area (Å²) < 4.78 is 39.7. The van der Waals surface area contributed by atoms with Crippen molar-refractivity contribution in [3.63, 3.8) is 0 Å². The first-order chi connectivity index (χ1) is 12.9. The number of nitrogens with zero attached hydrogens (tertiary/aromatic N) is 2. The Kier molecular flexibility index (Phi) is 4.20. The minimum absolute atomic E-state index is 0.0487. The van der Waals surface area contributed by atoms with Crippen LogP contribution in [0.1, 0.15) is 0 Å². The van der Waals surface area contributed by atoms with E-state index < -0.39 is 22.1 Å². The molecule has 0 aromatic heterocycles. The van der Waals surface area contributed by atoms with Gasteiger partial charge in [-0.3, -0.25) is 9.69 Å². The highest BCUT2D eigenvalue weighted by Crippen LogP contribution is 2.27. The van der Waals surface area contributed by atoms with Gasteiger partial charge >= 0.3 is 6.03 Å². The number of urea groups is 1. The number of hydrogen-bond acceptors (Lipinski definition) is 4. The van der Waals surface area contributed by atoms with Gasteiger partial charge < -0.3 is 5.32 Å². The van der Waals surface area contributed by atoms with Crippen LogP contribution in [-0.4, -0.2) is 55.2 Å². The van der Waals surface area contributed by atoms with Crippen LogP contribution in [0.2, 0.25) is 0 Å². The SMILES string of the molecule is O=C1CNC(=O)N1C1CN(S(=O)(=O)c2ccc(-c3ccc(F)cc3)cc2)C1. The average molecular weight is 389 g/mol. The third-order valence-corrected chi connectivity index (χ3v) is 6.59. The quantitative estimate of drug-likeness (QED) is 0.802. The van der Waals surface area contributed by atoms with Gasteiger partial charge in [0.1, 0.15) is 5.82 Å². The van der Waals surface area contributed by atoms with Crippen molar-refractivity contribution in [2.24, 2.45) is 0 Å². The zero-order chi connectivity index (χ0) is 19.2. The van der Waals surface area contributed by atoms with E-state index in [0.717, 1.165) is 16.0 Å². The molecule has 1 N–H and O–H groups in total. The van der Waals surface area contributed by atoms with Crippen LogP contribution in [0.3, 0.4) is 0 Å². The van der Waals surface area contributed by atoms with Gasteiger partial charge in [-0.2, -0.15) is 4.31 Å². The van der Waals surface area contributed by atoms with E-state index in [2.05, 4.69) is 5.32 Å². The van der Waals surface area contributed by atoms with Gasteiger partial charge in [0.05, 0.1) is 17.5 Å². The third-order valence-electron chi connectivity index (χ3n) is 4.74. The summed E-state index contributed by atoms with van der Waals surface area (Å²) >= 11 is 0. The Bertz CT molecular complexity index is 984. The van der Waals surface area contributed by atoms with E-state index in [0.29, 0.717) is 0 Å². The normalized spacial score (nSPS) is 18.5. The fraction of sp³-hybridized carbons (Fsp3) is 0.222. The lowest BCUT2D eigenvalue weighted by Crippen LogP contribution is -2.62. The summed E-state index contributed by atoms with van der Waals surface area (Å²) in [6.45, 7) is 0.120. The third kappa shape index (κ3) is 3.08. The van der Waals surface area contributed by atoms with Gasteiger partial charge in [-0.25, -0.2) is 17.6 Å². The van der Waals surface area contributed by atoms with E-state index in [9.17, 15) is 22.4 Å². The first kappa shape index (κ1) is 17.6. The number of carbonyl (C=O) groups is 2. The Morgan fingerprint density at radius 1 is 0.926 bits per heavy atom. The molecular weight excluding hydrogens is 373 g/mol. The number of amides is 3. The minimum Gasteiger partial charge on any atom is -0.329 e. The number of halogens is 1. The van der Waals surface area contributed by atoms with Crippen molar-refractivity contribution >= 4 is 22.0 Å². The van der Waals surface area contributed by atoms with Crippen LogP contribution in [-0.2, 0) is 14.8 Å². The highest BCUT2D eigenvalue weighted by Gasteiger charge is 2.45. The number of rotatable bonds is 4. The van der Waals surface area contributed by atoms with Gasteiger partial charge in [-0.15, -0.1) is 0 Å². The Labute approximate surface area is 155 Å². The molecule has 0 bridgehead atoms. The maximum Gasteiger partial charge on any atom is 0.324 e. The summed E-state index contributed by atoms with van der Waals surface area (Å²) in [5, 5.41) is 2.43. The summed E-state index contributed by atoms with van der Waals surface area (Å²) in [5.41, 5.74) is 1.55. The number of sulfonamides is 1. The molecule has 2 aromatic rings. The van der Waals surface area contributed by atoms with Crippen LogP contribution in [0.4, 0.5) is 9.18 Å². The average Bonchev–Trinajstić information content (AvgIpc) is 2.94. The highest BCUT2D eigenvalue weighted by molar-refractivity contribution is 7.89. The van der Waals surface area contributed by atoms with Crippen molar-refractivity contribution < 1.29 is 22.4 Å². The van der Waals surface area contributed by atoms with Gasteiger partial charge in [0, 0.05) is 13.1 Å². The fourth-order valence-corrected chi connectivity index (χ4v) is 4.71. The van der Waals surface area contributed by atoms with Gasteiger partial charge in [-0.1, -0.05) is 24.3 Å². The monoisotopic (exact) mass is 389 g/mol. The Hall–Kier alpha value is -2.78. The summed E-state index contributed by atoms with van der Waals surface area (Å²) in [6, 6.07) is 11.3. The predicted octanol–water partition coefficient (Wildman–Crippen LogP) is 1.42. The number of imide groups is 1. The Morgan fingerprint density at radius 2 is 1.48 bits per heavy atom. The number of benzene rings is 2. The smallest absolute Gasteiger partial charge is 0.324 e. The van der Waals surface area contributed by atoms with Crippen LogP contribution in [0, 0.1) is 5.82 Å². The maximum absolute atomic E-state index is 13.0. The van der Waals surface area contributed by atoms with E-state index in [1.54, 1.807) is 24.3 Å². The lowest BCUT2D eigenvalue weighted by molar-refractivity contribution is -0.128. The zero-order valence-corrected chi connectivity index (χ0v) is 14.9. The minimum atomic E-state index is -3.70. The molecule has 4 rings (SSSR count). The molecule has 2 aliphatic heterocycles. The number of hydrogen-bond donors (Lipinski definition) is 1. The maximum atomic E-state index is 13.0. The number of carbonyl (C=O) groups excluding carboxylic acids is 2. The van der Waals surface area contributed by atoms with Gasteiger partial charge in [0.15, 0.2) is 0 Å². The van der Waals surface area contributed by atoms with E-state index in [1.807, 2.05) is 0 Å². The molecule has 140 valence electrons. The van der Waals surface area contributed by atoms with Crippen LogP contribution >= 0.6 is 0 Å². The molecule has 0 spiro atoms. The molecule has 3 amide bonds. The van der Waals surface area contributed by atoms with Crippen LogP contribution in [0.5, 0.6) is 0 Å². The van der Waals surface area contributed by atoms with Crippen LogP contribution in [0.15, 0.2) is 53.4 Å². The van der Waals surface area contributed by atoms with Crippen molar-refractivity contribution in [2.75, 3.05) is 19.6 Å². The summed E-state index contributed by atoms with van der Waals surface area (Å²) in [5.74, 6) is -0.679. The molecule has 27 heavy (non-hydrogen) atoms. The van der Waals surface area contributed by atoms with Crippen molar-refractivity contribution in [2.45, 2.75) is 10.9 Å². The molecule has 0 saturated carbocycles. The van der Waals surface area contributed by atoms with E-state index in [1.165, 1.54) is 28.6 Å². The molecule has 2 saturated heterocycles. The van der Waals surface area contributed by atoms with Gasteiger partial charge in [-0.05, 0) is 35.4 Å². The van der Waals surface area contributed by atoms with E-state index in [-0.39, 0.29) is 36.3 Å². The highest BCUT2D eigenvalue weighted by atomic mass is 32.2. The molecule has 9 heteroatoms. The molecule has 0 radical (unpaired) electrons. The first-order valence-corrected chi connectivity index (χ1v) is 9.76. The van der Waals surface area contributed by atoms with Crippen LogP contribution < -0.4 is 5.32 Å². The topological polar surface area (TPSA) is 86.8 Å². The van der Waals surface area contributed by atoms with Crippen molar-refractivity contribution in [1.82, 2.24) is 14.5 Å². The molecule has 0 atom stereocenters. The summed E-state index contributed by atoms with van der Waals surface area (Å²) in [7, 11) is -3.70. The van der Waals surface area contributed by atoms with Gasteiger partial charge in [0.2, 0.25) is 15.9 Å². The molecule has 2 fully saturated rings. The molecular formula is C18H16FN3O4S. The van der Waals surface area contributed by atoms with Crippen LogP contribution in [0.25, 0.3) is 11.1 Å². The number of nitrogens with one attached hydrogen (secondary N) is 1. The van der Waals surface area contributed by atoms with E-state index in [4.69, 9.17) is 0 Å². The van der Waals surface area contributed by atoms with E-state index >= 15 is 0 Å². The molecule has 2 aliphatic rings. The standard InChI is InChI=1S/C18H16FN3O4S/c19-14-5-1-12(2-6-14)13-3-7-16(8-4-13)27(25,26)21-10-15(11-21)22-17(23)9-20-18(22)24/h1-8,15H,9-11H2,(H,20,24). The summed E-state index contributed by atoms with van der Waals surface area (Å²) in [4.78, 5) is 24.5. The molecule has 0 unspecified atom stereocenters. The fourth-order valence-electron chi connectivity index (χ4n) is 3.19. The summed E-state index contributed by atoms with van der Waals surface area (Å²) in [6.07, 6.45) is 0. The van der Waals surface area contributed by atoms with Crippen molar-refractivity contribution in [1.29, 1.82) is 0 Å². The second-order valence-electron chi connectivity index (χ2n) is 6.43. The molecule has 7 nitrogen and oxygen atoms in total. The van der Waals surface area contributed by atoms with Crippen molar-refractivity contribution in [3.8, 4) is 11.1 Å². The predicted molar refractivity (Wildman–Crippen MR) is 94.6 cm³/mol. The van der Waals surface area contributed by atoms with Crippen molar-refractivity contribution in [3.05, 3.63) is 54.3 Å². The second kappa shape index (κ2) is 6.43.